The van der Waals surface area contributed by atoms with Gasteiger partial charge in [-0.2, -0.15) is 0 Å². The molecule has 1 aliphatic rings. The lowest BCUT2D eigenvalue weighted by Gasteiger charge is -2.09. The number of pyridine rings is 1. The summed E-state index contributed by atoms with van der Waals surface area (Å²) in [6.07, 6.45) is -0.0710. The van der Waals surface area contributed by atoms with E-state index in [0.29, 0.717) is 17.7 Å². The van der Waals surface area contributed by atoms with Gasteiger partial charge in [-0.15, -0.1) is 11.3 Å². The average Bonchev–Trinajstić information content (AvgIpc) is 3.33. The first-order valence-corrected chi connectivity index (χ1v) is 10.0. The van der Waals surface area contributed by atoms with E-state index in [0.717, 1.165) is 36.4 Å². The normalized spacial score (nSPS) is 13.3. The summed E-state index contributed by atoms with van der Waals surface area (Å²) in [5, 5.41) is 2.33. The van der Waals surface area contributed by atoms with Crippen LogP contribution in [0.15, 0.2) is 23.1 Å². The zero-order valence-corrected chi connectivity index (χ0v) is 17.0. The molecule has 2 aromatic rings. The molecule has 2 aromatic heterocycles. The molecular formula is C19H15ClF3N3O3S. The average molecular weight is 458 g/mol. The first-order chi connectivity index (χ1) is 14.2. The molecule has 3 heterocycles. The quantitative estimate of drug-likeness (QED) is 0.717. The summed E-state index contributed by atoms with van der Waals surface area (Å²) in [6, 6.07) is 2.12. The Morgan fingerprint density at radius 2 is 1.97 bits per heavy atom. The molecule has 1 fully saturated rings. The number of alkyl halides is 2. The van der Waals surface area contributed by atoms with E-state index in [1.165, 1.54) is 6.07 Å². The maximum atomic E-state index is 13.7. The van der Waals surface area contributed by atoms with Gasteiger partial charge in [0.1, 0.15) is 4.34 Å². The molecule has 0 aromatic carbocycles. The topological polar surface area (TPSA) is 71.4 Å². The van der Waals surface area contributed by atoms with Crippen molar-refractivity contribution in [3.05, 3.63) is 49.3 Å². The summed E-state index contributed by atoms with van der Waals surface area (Å²) in [4.78, 5) is 37.7. The lowest BCUT2D eigenvalue weighted by Crippen LogP contribution is -2.26. The second kappa shape index (κ2) is 9.36. The highest BCUT2D eigenvalue weighted by Gasteiger charge is 2.18. The predicted molar refractivity (Wildman–Crippen MR) is 107 cm³/mol. The van der Waals surface area contributed by atoms with Crippen molar-refractivity contribution in [2.45, 2.75) is 25.8 Å². The minimum Gasteiger partial charge on any atom is -0.332 e. The molecule has 3 rings (SSSR count). The molecule has 158 valence electrons. The number of hydrogen-bond donors (Lipinski definition) is 1. The molecule has 0 bridgehead atoms. The Kier molecular flexibility index (Phi) is 6.84. The third kappa shape index (κ3) is 5.23. The van der Waals surface area contributed by atoms with Gasteiger partial charge < -0.3 is 14.8 Å². The highest BCUT2D eigenvalue weighted by Crippen LogP contribution is 2.27. The summed E-state index contributed by atoms with van der Waals surface area (Å²) in [6.45, 7) is 0.306. The van der Waals surface area contributed by atoms with E-state index in [1.54, 1.807) is 4.90 Å². The van der Waals surface area contributed by atoms with E-state index in [9.17, 15) is 27.6 Å². The zero-order chi connectivity index (χ0) is 21.8. The molecule has 6 nitrogen and oxygen atoms in total. The molecule has 2 amide bonds. The Hall–Kier alpha value is -2.77. The van der Waals surface area contributed by atoms with Crippen molar-refractivity contribution in [1.82, 2.24) is 9.47 Å². The number of thiophene rings is 1. The Morgan fingerprint density at radius 3 is 2.63 bits per heavy atom. The number of rotatable bonds is 4. The van der Waals surface area contributed by atoms with Crippen LogP contribution in [0.5, 0.6) is 0 Å². The second-order valence-corrected chi connectivity index (χ2v) is 8.08. The summed E-state index contributed by atoms with van der Waals surface area (Å²) in [5.41, 5.74) is -1.10. The minimum atomic E-state index is -2.87. The van der Waals surface area contributed by atoms with Crippen molar-refractivity contribution < 1.29 is 22.8 Å². The third-order valence-corrected chi connectivity index (χ3v) is 5.60. The summed E-state index contributed by atoms with van der Waals surface area (Å²) < 4.78 is 39.5. The number of likely N-dealkylation sites (tertiary alicyclic amines) is 1. The van der Waals surface area contributed by atoms with E-state index in [1.807, 2.05) is 0 Å². The first-order valence-electron chi connectivity index (χ1n) is 8.84. The van der Waals surface area contributed by atoms with Crippen LogP contribution in [0.2, 0.25) is 4.34 Å². The Bertz CT molecular complexity index is 1100. The van der Waals surface area contributed by atoms with Gasteiger partial charge in [0, 0.05) is 31.3 Å². The number of nitrogens with one attached hydrogen (secondary N) is 1. The van der Waals surface area contributed by atoms with Crippen LogP contribution in [-0.4, -0.2) is 40.8 Å². The smallest absolute Gasteiger partial charge is 0.298 e. The van der Waals surface area contributed by atoms with Gasteiger partial charge in [0.2, 0.25) is 0 Å². The van der Waals surface area contributed by atoms with Crippen LogP contribution in [0.4, 0.5) is 18.9 Å². The van der Waals surface area contributed by atoms with Gasteiger partial charge in [0.25, 0.3) is 23.8 Å². The van der Waals surface area contributed by atoms with Crippen molar-refractivity contribution in [1.29, 1.82) is 0 Å². The molecule has 0 radical (unpaired) electrons. The van der Waals surface area contributed by atoms with Gasteiger partial charge in [-0.1, -0.05) is 17.5 Å². The zero-order valence-electron chi connectivity index (χ0n) is 15.4. The van der Waals surface area contributed by atoms with Crippen molar-refractivity contribution in [3.8, 4) is 11.8 Å². The molecule has 1 saturated heterocycles. The Balaban J connectivity index is 1.76. The van der Waals surface area contributed by atoms with Crippen molar-refractivity contribution in [2.75, 3.05) is 18.4 Å². The SMILES string of the molecule is O=C(Nc1cc(F)c(=O)n(CC(F)F)c1)c1cc(C#CC(=O)N2CCCC2)c(Cl)s1. The van der Waals surface area contributed by atoms with Gasteiger partial charge in [-0.3, -0.25) is 14.4 Å². The number of hydrogen-bond acceptors (Lipinski definition) is 4. The molecule has 1 N–H and O–H groups in total. The van der Waals surface area contributed by atoms with Crippen LogP contribution >= 0.6 is 22.9 Å². The van der Waals surface area contributed by atoms with E-state index in [-0.39, 0.29) is 26.4 Å². The fourth-order valence-electron chi connectivity index (χ4n) is 2.83. The van der Waals surface area contributed by atoms with Crippen molar-refractivity contribution >= 4 is 40.4 Å². The van der Waals surface area contributed by atoms with E-state index in [4.69, 9.17) is 11.6 Å². The number of aromatic nitrogens is 1. The summed E-state index contributed by atoms with van der Waals surface area (Å²) in [5.74, 6) is 2.85. The monoisotopic (exact) mass is 457 g/mol. The Labute approximate surface area is 178 Å². The minimum absolute atomic E-state index is 0.116. The highest BCUT2D eigenvalue weighted by molar-refractivity contribution is 7.18. The second-order valence-electron chi connectivity index (χ2n) is 6.43. The largest absolute Gasteiger partial charge is 0.332 e. The molecule has 0 spiro atoms. The van der Waals surface area contributed by atoms with Crippen LogP contribution in [0.3, 0.4) is 0 Å². The molecule has 0 atom stereocenters. The molecule has 0 saturated carbocycles. The molecular weight excluding hydrogens is 443 g/mol. The van der Waals surface area contributed by atoms with Gasteiger partial charge in [-0.05, 0) is 18.9 Å². The lowest BCUT2D eigenvalue weighted by molar-refractivity contribution is -0.124. The highest BCUT2D eigenvalue weighted by atomic mass is 35.5. The van der Waals surface area contributed by atoms with E-state index in [2.05, 4.69) is 17.2 Å². The molecule has 0 aliphatic carbocycles. The van der Waals surface area contributed by atoms with Crippen molar-refractivity contribution in [3.63, 3.8) is 0 Å². The van der Waals surface area contributed by atoms with E-state index < -0.39 is 30.3 Å². The lowest BCUT2D eigenvalue weighted by atomic mass is 10.3. The van der Waals surface area contributed by atoms with E-state index >= 15 is 0 Å². The number of nitrogens with zero attached hydrogens (tertiary/aromatic N) is 2. The first kappa shape index (κ1) is 21.9. The van der Waals surface area contributed by atoms with Gasteiger partial charge in [0.05, 0.1) is 22.7 Å². The fourth-order valence-corrected chi connectivity index (χ4v) is 3.92. The predicted octanol–water partition coefficient (Wildman–Crippen LogP) is 3.19. The number of anilines is 1. The summed E-state index contributed by atoms with van der Waals surface area (Å²) >= 11 is 6.98. The van der Waals surface area contributed by atoms with Crippen LogP contribution in [0.25, 0.3) is 0 Å². The van der Waals surface area contributed by atoms with Crippen LogP contribution in [-0.2, 0) is 11.3 Å². The Morgan fingerprint density at radius 1 is 1.27 bits per heavy atom. The van der Waals surface area contributed by atoms with Crippen LogP contribution < -0.4 is 10.9 Å². The maximum absolute atomic E-state index is 13.7. The van der Waals surface area contributed by atoms with Gasteiger partial charge in [-0.25, -0.2) is 13.2 Å². The summed E-state index contributed by atoms with van der Waals surface area (Å²) in [7, 11) is 0. The number of amides is 2. The molecule has 0 unspecified atom stereocenters. The third-order valence-electron chi connectivity index (χ3n) is 4.24. The number of halogens is 4. The fraction of sp³-hybridized carbons (Fsp3) is 0.316. The van der Waals surface area contributed by atoms with Crippen molar-refractivity contribution in [2.24, 2.45) is 0 Å². The van der Waals surface area contributed by atoms with Gasteiger partial charge >= 0.3 is 0 Å². The standard InChI is InChI=1S/C19H15ClF3N3O3S/c20-17-11(3-4-16(27)25-5-1-2-6-25)7-14(30-17)18(28)24-12-8-13(21)19(29)26(9-12)10-15(22)23/h7-9,15H,1-2,5-6,10H2,(H,24,28). The molecule has 1 aliphatic heterocycles. The molecule has 11 heteroatoms. The van der Waals surface area contributed by atoms with Crippen LogP contribution in [0, 0.1) is 17.7 Å². The maximum Gasteiger partial charge on any atom is 0.298 e. The number of carbonyl (C=O) groups is 2. The number of carbonyl (C=O) groups excluding carboxylic acids is 2. The molecule has 30 heavy (non-hydrogen) atoms. The van der Waals surface area contributed by atoms with Gasteiger partial charge in [0.15, 0.2) is 5.82 Å². The van der Waals surface area contributed by atoms with Crippen LogP contribution in [0.1, 0.15) is 28.1 Å².